The SMILES string of the molecule is O=C(NC1COc2ccccc2-n2cccc21)c1cc(Oc2ccccc2)ccn1. The van der Waals surface area contributed by atoms with E-state index in [-0.39, 0.29) is 17.6 Å². The molecule has 1 N–H and O–H groups in total. The summed E-state index contributed by atoms with van der Waals surface area (Å²) in [6.45, 7) is 0.326. The first-order valence-electron chi connectivity index (χ1n) is 9.67. The van der Waals surface area contributed by atoms with E-state index in [9.17, 15) is 4.79 Å². The summed E-state index contributed by atoms with van der Waals surface area (Å²) < 4.78 is 13.8. The molecule has 1 atom stereocenters. The van der Waals surface area contributed by atoms with E-state index in [0.717, 1.165) is 17.1 Å². The quantitative estimate of drug-likeness (QED) is 0.550. The highest BCUT2D eigenvalue weighted by Gasteiger charge is 2.25. The van der Waals surface area contributed by atoms with Gasteiger partial charge in [-0.15, -0.1) is 0 Å². The van der Waals surface area contributed by atoms with Crippen molar-refractivity contribution >= 4 is 5.91 Å². The van der Waals surface area contributed by atoms with E-state index in [4.69, 9.17) is 9.47 Å². The molecular formula is C24H19N3O3. The molecule has 1 unspecified atom stereocenters. The summed E-state index contributed by atoms with van der Waals surface area (Å²) >= 11 is 0. The fourth-order valence-corrected chi connectivity index (χ4v) is 3.51. The fourth-order valence-electron chi connectivity index (χ4n) is 3.51. The van der Waals surface area contributed by atoms with Gasteiger partial charge < -0.3 is 19.4 Å². The van der Waals surface area contributed by atoms with Gasteiger partial charge in [0.15, 0.2) is 0 Å². The minimum atomic E-state index is -0.319. The van der Waals surface area contributed by atoms with Crippen molar-refractivity contribution in [2.45, 2.75) is 6.04 Å². The number of carbonyl (C=O) groups excluding carboxylic acids is 1. The van der Waals surface area contributed by atoms with Gasteiger partial charge in [0.1, 0.15) is 35.6 Å². The number of ether oxygens (including phenoxy) is 2. The molecule has 3 heterocycles. The zero-order valence-corrected chi connectivity index (χ0v) is 16.1. The topological polar surface area (TPSA) is 65.4 Å². The second-order valence-electron chi connectivity index (χ2n) is 6.90. The highest BCUT2D eigenvalue weighted by atomic mass is 16.5. The number of nitrogens with zero attached hydrogens (tertiary/aromatic N) is 2. The maximum Gasteiger partial charge on any atom is 0.270 e. The maximum atomic E-state index is 12.9. The normalized spacial score (nSPS) is 14.6. The third-order valence-electron chi connectivity index (χ3n) is 4.92. The van der Waals surface area contributed by atoms with E-state index >= 15 is 0 Å². The molecule has 30 heavy (non-hydrogen) atoms. The first kappa shape index (κ1) is 18.0. The Bertz CT molecular complexity index is 1190. The standard InChI is InChI=1S/C24H19N3O3/c28-24(19-15-18(12-13-25-19)30-17-7-2-1-3-8-17)26-20-16-29-23-11-5-4-9-22(23)27-14-6-10-21(20)27/h1-15,20H,16H2,(H,26,28). The Morgan fingerprint density at radius 3 is 2.73 bits per heavy atom. The van der Waals surface area contributed by atoms with Crippen LogP contribution in [-0.4, -0.2) is 22.1 Å². The summed E-state index contributed by atoms with van der Waals surface area (Å²) in [6.07, 6.45) is 3.53. The van der Waals surface area contributed by atoms with Gasteiger partial charge in [0, 0.05) is 24.2 Å². The summed E-state index contributed by atoms with van der Waals surface area (Å²) in [5, 5.41) is 3.04. The number of pyridine rings is 1. The Morgan fingerprint density at radius 2 is 1.83 bits per heavy atom. The smallest absolute Gasteiger partial charge is 0.270 e. The lowest BCUT2D eigenvalue weighted by Crippen LogP contribution is -2.33. The van der Waals surface area contributed by atoms with E-state index in [1.807, 2.05) is 77.5 Å². The van der Waals surface area contributed by atoms with Gasteiger partial charge in [-0.05, 0) is 42.5 Å². The predicted octanol–water partition coefficient (Wildman–Crippen LogP) is 4.53. The van der Waals surface area contributed by atoms with E-state index in [2.05, 4.69) is 10.3 Å². The van der Waals surface area contributed by atoms with Gasteiger partial charge in [-0.1, -0.05) is 30.3 Å². The van der Waals surface area contributed by atoms with Crippen molar-refractivity contribution in [2.24, 2.45) is 0 Å². The molecule has 6 nitrogen and oxygen atoms in total. The lowest BCUT2D eigenvalue weighted by Gasteiger charge is -2.17. The van der Waals surface area contributed by atoms with Gasteiger partial charge in [-0.3, -0.25) is 9.78 Å². The number of carbonyl (C=O) groups is 1. The molecule has 0 saturated heterocycles. The predicted molar refractivity (Wildman–Crippen MR) is 112 cm³/mol. The zero-order valence-electron chi connectivity index (χ0n) is 16.1. The zero-order chi connectivity index (χ0) is 20.3. The summed E-state index contributed by atoms with van der Waals surface area (Å²) in [5.41, 5.74) is 2.18. The maximum absolute atomic E-state index is 12.9. The number of para-hydroxylation sites is 3. The van der Waals surface area contributed by atoms with Gasteiger partial charge in [0.25, 0.3) is 5.91 Å². The fraction of sp³-hybridized carbons (Fsp3) is 0.0833. The molecule has 2 aromatic heterocycles. The van der Waals surface area contributed by atoms with E-state index in [0.29, 0.717) is 18.1 Å². The molecule has 0 aliphatic carbocycles. The van der Waals surface area contributed by atoms with Crippen LogP contribution in [0.5, 0.6) is 17.2 Å². The molecule has 4 aromatic rings. The largest absolute Gasteiger partial charge is 0.489 e. The van der Waals surface area contributed by atoms with Gasteiger partial charge in [0.05, 0.1) is 5.69 Å². The van der Waals surface area contributed by atoms with Crippen molar-refractivity contribution in [1.29, 1.82) is 0 Å². The molecule has 1 aliphatic rings. The van der Waals surface area contributed by atoms with Crippen LogP contribution in [0, 0.1) is 0 Å². The Kier molecular flexibility index (Phi) is 4.65. The molecule has 0 bridgehead atoms. The number of nitrogens with one attached hydrogen (secondary N) is 1. The van der Waals surface area contributed by atoms with Crippen molar-refractivity contribution in [3.63, 3.8) is 0 Å². The van der Waals surface area contributed by atoms with Crippen molar-refractivity contribution in [3.8, 4) is 22.9 Å². The molecule has 6 heteroatoms. The molecule has 0 fully saturated rings. The summed E-state index contributed by atoms with van der Waals surface area (Å²) in [5.74, 6) is 1.74. The molecule has 1 amide bonds. The number of fused-ring (bicyclic) bond motifs is 3. The van der Waals surface area contributed by atoms with Crippen LogP contribution in [0.15, 0.2) is 91.3 Å². The minimum Gasteiger partial charge on any atom is -0.489 e. The van der Waals surface area contributed by atoms with Crippen LogP contribution in [0.4, 0.5) is 0 Å². The van der Waals surface area contributed by atoms with Crippen LogP contribution in [0.1, 0.15) is 22.2 Å². The van der Waals surface area contributed by atoms with E-state index in [1.165, 1.54) is 0 Å². The van der Waals surface area contributed by atoms with Gasteiger partial charge >= 0.3 is 0 Å². The Balaban J connectivity index is 1.37. The number of aromatic nitrogens is 2. The van der Waals surface area contributed by atoms with Crippen LogP contribution in [0.25, 0.3) is 5.69 Å². The van der Waals surface area contributed by atoms with Crippen LogP contribution < -0.4 is 14.8 Å². The monoisotopic (exact) mass is 397 g/mol. The van der Waals surface area contributed by atoms with Crippen LogP contribution in [0.3, 0.4) is 0 Å². The average molecular weight is 397 g/mol. The van der Waals surface area contributed by atoms with Gasteiger partial charge in [0.2, 0.25) is 0 Å². The van der Waals surface area contributed by atoms with Crippen LogP contribution >= 0.6 is 0 Å². The Labute approximate surface area is 173 Å². The minimum absolute atomic E-state index is 0.281. The molecule has 2 aromatic carbocycles. The first-order chi connectivity index (χ1) is 14.8. The third-order valence-corrected chi connectivity index (χ3v) is 4.92. The van der Waals surface area contributed by atoms with Crippen molar-refractivity contribution < 1.29 is 14.3 Å². The summed E-state index contributed by atoms with van der Waals surface area (Å²) in [4.78, 5) is 17.2. The number of hydrogen-bond acceptors (Lipinski definition) is 4. The second-order valence-corrected chi connectivity index (χ2v) is 6.90. The number of amides is 1. The van der Waals surface area contributed by atoms with Gasteiger partial charge in [-0.2, -0.15) is 0 Å². The summed E-state index contributed by atoms with van der Waals surface area (Å²) in [7, 11) is 0. The summed E-state index contributed by atoms with van der Waals surface area (Å²) in [6, 6.07) is 24.2. The van der Waals surface area contributed by atoms with Crippen molar-refractivity contribution in [3.05, 3.63) is 103 Å². The Morgan fingerprint density at radius 1 is 1.00 bits per heavy atom. The average Bonchev–Trinajstić information content (AvgIpc) is 3.22. The molecule has 1 aliphatic heterocycles. The molecular weight excluding hydrogens is 378 g/mol. The van der Waals surface area contributed by atoms with E-state index in [1.54, 1.807) is 18.3 Å². The molecule has 0 saturated carbocycles. The van der Waals surface area contributed by atoms with Crippen LogP contribution in [0.2, 0.25) is 0 Å². The highest BCUT2D eigenvalue weighted by molar-refractivity contribution is 5.92. The highest BCUT2D eigenvalue weighted by Crippen LogP contribution is 2.31. The molecule has 5 rings (SSSR count). The van der Waals surface area contributed by atoms with Crippen molar-refractivity contribution in [1.82, 2.24) is 14.9 Å². The van der Waals surface area contributed by atoms with Gasteiger partial charge in [-0.25, -0.2) is 0 Å². The second kappa shape index (κ2) is 7.75. The Hall–Kier alpha value is -4.06. The lowest BCUT2D eigenvalue weighted by molar-refractivity contribution is 0.0916. The molecule has 0 radical (unpaired) electrons. The number of hydrogen-bond donors (Lipinski definition) is 1. The van der Waals surface area contributed by atoms with Crippen molar-refractivity contribution in [2.75, 3.05) is 6.61 Å². The molecule has 0 spiro atoms. The first-order valence-corrected chi connectivity index (χ1v) is 9.67. The third kappa shape index (κ3) is 3.51. The van der Waals surface area contributed by atoms with Crippen LogP contribution in [-0.2, 0) is 0 Å². The lowest BCUT2D eigenvalue weighted by atomic mass is 10.2. The number of rotatable bonds is 4. The molecule has 148 valence electrons. The van der Waals surface area contributed by atoms with E-state index < -0.39 is 0 Å². The number of benzene rings is 2.